The second-order valence-electron chi connectivity index (χ2n) is 7.12. The molecule has 0 aromatic rings. The number of rotatable bonds is 2. The van der Waals surface area contributed by atoms with Crippen LogP contribution in [0.1, 0.15) is 46.0 Å². The lowest BCUT2D eigenvalue weighted by atomic mass is 9.61. The van der Waals surface area contributed by atoms with Crippen molar-refractivity contribution in [3.05, 3.63) is 0 Å². The molecule has 0 N–H and O–H groups in total. The van der Waals surface area contributed by atoms with Gasteiger partial charge in [0.15, 0.2) is 0 Å². The van der Waals surface area contributed by atoms with Crippen LogP contribution < -0.4 is 0 Å². The zero-order valence-corrected chi connectivity index (χ0v) is 12.5. The molecule has 2 radical (unpaired) electrons. The monoisotopic (exact) mass is 249 g/mol. The van der Waals surface area contributed by atoms with E-state index in [0.717, 1.165) is 18.4 Å². The molecule has 1 aliphatic carbocycles. The smallest absolute Gasteiger partial charge is 0.0742 e. The predicted octanol–water partition coefficient (Wildman–Crippen LogP) is 2.88. The molecule has 0 spiro atoms. The maximum Gasteiger partial charge on any atom is 0.0742 e. The van der Waals surface area contributed by atoms with Gasteiger partial charge in [-0.15, -0.1) is 0 Å². The van der Waals surface area contributed by atoms with E-state index < -0.39 is 0 Å². The molecule has 4 unspecified atom stereocenters. The summed E-state index contributed by atoms with van der Waals surface area (Å²) in [5, 5.41) is 0.0450. The number of methoxy groups -OCH3 is 1. The van der Waals surface area contributed by atoms with Crippen molar-refractivity contribution < 1.29 is 4.74 Å². The van der Waals surface area contributed by atoms with Gasteiger partial charge in [0.05, 0.1) is 14.5 Å². The maximum absolute atomic E-state index is 6.44. The number of likely N-dealkylation sites (tertiary alicyclic amines) is 1. The standard InChI is InChI=1S/C15H28BNO/c1-14(16)8-5-6-13-12(10-14)7-9-17(3)15(13,2)11-18-4/h12-13H,5-11H2,1-4H3. The molecule has 1 heterocycles. The summed E-state index contributed by atoms with van der Waals surface area (Å²) in [6, 6.07) is 0. The topological polar surface area (TPSA) is 12.5 Å². The van der Waals surface area contributed by atoms with E-state index in [1.54, 1.807) is 0 Å². The van der Waals surface area contributed by atoms with Crippen LogP contribution in [0.4, 0.5) is 0 Å². The van der Waals surface area contributed by atoms with Crippen molar-refractivity contribution >= 4 is 7.85 Å². The molecule has 3 heteroatoms. The molecule has 1 saturated heterocycles. The summed E-state index contributed by atoms with van der Waals surface area (Å²) in [4.78, 5) is 2.51. The Hall–Kier alpha value is -0.0151. The molecule has 4 atom stereocenters. The van der Waals surface area contributed by atoms with Gasteiger partial charge in [0, 0.05) is 12.6 Å². The largest absolute Gasteiger partial charge is 0.383 e. The van der Waals surface area contributed by atoms with E-state index >= 15 is 0 Å². The maximum atomic E-state index is 6.44. The van der Waals surface area contributed by atoms with Gasteiger partial charge in [-0.05, 0) is 45.2 Å². The molecule has 1 saturated carbocycles. The molecular weight excluding hydrogens is 221 g/mol. The first-order valence-electron chi connectivity index (χ1n) is 7.38. The normalized spacial score (nSPS) is 46.4. The van der Waals surface area contributed by atoms with Crippen LogP contribution in [0.5, 0.6) is 0 Å². The van der Waals surface area contributed by atoms with Crippen LogP contribution in [0.3, 0.4) is 0 Å². The zero-order chi connectivity index (χ0) is 13.4. The Labute approximate surface area is 114 Å². The number of hydrogen-bond donors (Lipinski definition) is 0. The van der Waals surface area contributed by atoms with E-state index in [1.807, 2.05) is 7.11 Å². The van der Waals surface area contributed by atoms with E-state index in [9.17, 15) is 0 Å². The summed E-state index contributed by atoms with van der Waals surface area (Å²) in [7, 11) is 10.5. The highest BCUT2D eigenvalue weighted by Crippen LogP contribution is 2.50. The third-order valence-electron chi connectivity index (χ3n) is 5.50. The summed E-state index contributed by atoms with van der Waals surface area (Å²) >= 11 is 0. The predicted molar refractivity (Wildman–Crippen MR) is 77.1 cm³/mol. The second kappa shape index (κ2) is 5.17. The molecule has 2 rings (SSSR count). The lowest BCUT2D eigenvalue weighted by Crippen LogP contribution is -2.59. The van der Waals surface area contributed by atoms with E-state index in [4.69, 9.17) is 12.6 Å². The molecule has 2 fully saturated rings. The SMILES string of the molecule is [B]C1(C)CCCC2C(CCN(C)C2(C)COC)C1. The highest BCUT2D eigenvalue weighted by atomic mass is 16.5. The average molecular weight is 249 g/mol. The molecule has 2 aliphatic rings. The molecule has 0 bridgehead atoms. The third-order valence-corrected chi connectivity index (χ3v) is 5.50. The summed E-state index contributed by atoms with van der Waals surface area (Å²) in [5.41, 5.74) is 0.193. The summed E-state index contributed by atoms with van der Waals surface area (Å²) in [5.74, 6) is 1.51. The molecule has 0 aromatic heterocycles. The van der Waals surface area contributed by atoms with Crippen molar-refractivity contribution in [1.29, 1.82) is 0 Å². The van der Waals surface area contributed by atoms with E-state index in [-0.39, 0.29) is 10.9 Å². The van der Waals surface area contributed by atoms with Gasteiger partial charge in [0.1, 0.15) is 0 Å². The molecule has 2 nitrogen and oxygen atoms in total. The highest BCUT2D eigenvalue weighted by Gasteiger charge is 2.47. The van der Waals surface area contributed by atoms with Crippen molar-refractivity contribution in [1.82, 2.24) is 4.90 Å². The van der Waals surface area contributed by atoms with Gasteiger partial charge in [0.2, 0.25) is 0 Å². The van der Waals surface area contributed by atoms with Gasteiger partial charge < -0.3 is 4.74 Å². The Morgan fingerprint density at radius 1 is 1.33 bits per heavy atom. The summed E-state index contributed by atoms with van der Waals surface area (Å²) < 4.78 is 5.52. The summed E-state index contributed by atoms with van der Waals surface area (Å²) in [6.07, 6.45) is 6.23. The number of likely N-dealkylation sites (N-methyl/N-ethyl adjacent to an activating group) is 1. The summed E-state index contributed by atoms with van der Waals surface area (Å²) in [6.45, 7) is 6.64. The van der Waals surface area contributed by atoms with Crippen LogP contribution in [0, 0.1) is 11.8 Å². The number of nitrogens with zero attached hydrogens (tertiary/aromatic N) is 1. The van der Waals surface area contributed by atoms with Crippen LogP contribution >= 0.6 is 0 Å². The number of fused-ring (bicyclic) bond motifs is 1. The first kappa shape index (κ1) is 14.4. The minimum Gasteiger partial charge on any atom is -0.383 e. The van der Waals surface area contributed by atoms with Gasteiger partial charge >= 0.3 is 0 Å². The highest BCUT2D eigenvalue weighted by molar-refractivity contribution is 6.14. The molecule has 0 amide bonds. The van der Waals surface area contributed by atoms with Gasteiger partial charge in [-0.1, -0.05) is 31.5 Å². The van der Waals surface area contributed by atoms with Crippen molar-refractivity contribution in [2.24, 2.45) is 11.8 Å². The van der Waals surface area contributed by atoms with Gasteiger partial charge in [-0.2, -0.15) is 0 Å². The van der Waals surface area contributed by atoms with E-state index in [0.29, 0.717) is 0 Å². The second-order valence-corrected chi connectivity index (χ2v) is 7.12. The Morgan fingerprint density at radius 3 is 2.72 bits per heavy atom. The fourth-order valence-electron chi connectivity index (χ4n) is 4.33. The lowest BCUT2D eigenvalue weighted by molar-refractivity contribution is -0.0597. The first-order chi connectivity index (χ1) is 8.39. The van der Waals surface area contributed by atoms with E-state index in [2.05, 4.69) is 25.8 Å². The van der Waals surface area contributed by atoms with Crippen LogP contribution in [0.15, 0.2) is 0 Å². The van der Waals surface area contributed by atoms with Crippen LogP contribution in [-0.4, -0.2) is 45.6 Å². The van der Waals surface area contributed by atoms with Crippen molar-refractivity contribution in [3.63, 3.8) is 0 Å². The average Bonchev–Trinajstić information content (AvgIpc) is 2.43. The van der Waals surface area contributed by atoms with Gasteiger partial charge in [-0.25, -0.2) is 0 Å². The molecule has 1 aliphatic heterocycles. The molecule has 102 valence electrons. The zero-order valence-electron chi connectivity index (χ0n) is 12.5. The van der Waals surface area contributed by atoms with Crippen LogP contribution in [-0.2, 0) is 4.74 Å². The molecule has 0 aromatic carbocycles. The lowest BCUT2D eigenvalue weighted by Gasteiger charge is -2.52. The van der Waals surface area contributed by atoms with Gasteiger partial charge in [0.25, 0.3) is 0 Å². The van der Waals surface area contributed by atoms with E-state index in [1.165, 1.54) is 38.6 Å². The minimum atomic E-state index is 0.0450. The van der Waals surface area contributed by atoms with Crippen molar-refractivity contribution in [3.8, 4) is 0 Å². The number of piperidine rings is 1. The van der Waals surface area contributed by atoms with Crippen molar-refractivity contribution in [2.45, 2.75) is 56.8 Å². The molecular formula is C15H28BNO. The number of ether oxygens (including phenoxy) is 1. The Morgan fingerprint density at radius 2 is 2.06 bits per heavy atom. The minimum absolute atomic E-state index is 0.0450. The Kier molecular flexibility index (Phi) is 4.13. The Bertz CT molecular complexity index is 294. The Balaban J connectivity index is 2.21. The van der Waals surface area contributed by atoms with Crippen LogP contribution in [0.2, 0.25) is 5.31 Å². The fraction of sp³-hybridized carbons (Fsp3) is 1.00. The third kappa shape index (κ3) is 2.62. The molecule has 18 heavy (non-hydrogen) atoms. The number of hydrogen-bond acceptors (Lipinski definition) is 2. The van der Waals surface area contributed by atoms with Gasteiger partial charge in [-0.3, -0.25) is 4.90 Å². The first-order valence-corrected chi connectivity index (χ1v) is 7.38. The van der Waals surface area contributed by atoms with Crippen LogP contribution in [0.25, 0.3) is 0 Å². The fourth-order valence-corrected chi connectivity index (χ4v) is 4.33. The quantitative estimate of drug-likeness (QED) is 0.698. The van der Waals surface area contributed by atoms with Crippen molar-refractivity contribution in [2.75, 3.05) is 27.3 Å².